The molecule has 0 aliphatic rings. The average Bonchev–Trinajstić information content (AvgIpc) is 3.12. The highest BCUT2D eigenvalue weighted by Crippen LogP contribution is 2.26. The van der Waals surface area contributed by atoms with Crippen LogP contribution in [-0.4, -0.2) is 39.6 Å². The van der Waals surface area contributed by atoms with Crippen molar-refractivity contribution in [1.29, 1.82) is 0 Å². The number of nitrogens with zero attached hydrogens (tertiary/aromatic N) is 2. The van der Waals surface area contributed by atoms with E-state index in [1.165, 1.54) is 10.9 Å². The van der Waals surface area contributed by atoms with E-state index in [1.54, 1.807) is 60.7 Å². The molecular formula is C21H20F3N3O2. The first kappa shape index (κ1) is 20.6. The van der Waals surface area contributed by atoms with E-state index in [0.717, 1.165) is 0 Å². The zero-order valence-electron chi connectivity index (χ0n) is 15.4. The van der Waals surface area contributed by atoms with Crippen LogP contribution in [0.3, 0.4) is 0 Å². The molecule has 1 heterocycles. The molecule has 2 N–H and O–H groups in total. The lowest BCUT2D eigenvalue weighted by molar-refractivity contribution is -0.153. The summed E-state index contributed by atoms with van der Waals surface area (Å²) in [5.74, 6) is -0.869. The average molecular weight is 403 g/mol. The number of halogens is 3. The van der Waals surface area contributed by atoms with Gasteiger partial charge in [-0.1, -0.05) is 60.7 Å². The standard InChI is InChI=1S/C21H20F3N3O2/c22-21(23,24)18(13-15-7-3-1-4-8-15)26-20(29)17-14-25-27(11-12-28)19(17)16-9-5-2-6-10-16/h1-10,14,18,28H,11-13H2,(H,26,29). The van der Waals surface area contributed by atoms with Gasteiger partial charge in [0.1, 0.15) is 6.04 Å². The third-order valence-electron chi connectivity index (χ3n) is 4.43. The Balaban J connectivity index is 1.90. The second kappa shape index (κ2) is 8.91. The van der Waals surface area contributed by atoms with Crippen LogP contribution in [0.25, 0.3) is 11.3 Å². The van der Waals surface area contributed by atoms with E-state index in [2.05, 4.69) is 10.4 Å². The molecule has 152 valence electrons. The van der Waals surface area contributed by atoms with Gasteiger partial charge in [0, 0.05) is 12.0 Å². The first-order chi connectivity index (χ1) is 13.9. The van der Waals surface area contributed by atoms with Crippen molar-refractivity contribution in [3.63, 3.8) is 0 Å². The van der Waals surface area contributed by atoms with E-state index >= 15 is 0 Å². The van der Waals surface area contributed by atoms with Gasteiger partial charge in [-0.25, -0.2) is 0 Å². The summed E-state index contributed by atoms with van der Waals surface area (Å²) < 4.78 is 42.1. The predicted molar refractivity (Wildman–Crippen MR) is 102 cm³/mol. The van der Waals surface area contributed by atoms with Crippen LogP contribution in [0.4, 0.5) is 13.2 Å². The van der Waals surface area contributed by atoms with Crippen LogP contribution in [0.2, 0.25) is 0 Å². The number of aliphatic hydroxyl groups excluding tert-OH is 1. The minimum atomic E-state index is -4.61. The molecule has 0 spiro atoms. The molecule has 0 saturated carbocycles. The quantitative estimate of drug-likeness (QED) is 0.635. The molecule has 0 fully saturated rings. The van der Waals surface area contributed by atoms with Crippen molar-refractivity contribution in [1.82, 2.24) is 15.1 Å². The minimum absolute atomic E-state index is 0.0203. The maximum Gasteiger partial charge on any atom is 0.408 e. The molecule has 0 aliphatic carbocycles. The van der Waals surface area contributed by atoms with E-state index in [0.29, 0.717) is 16.8 Å². The summed E-state index contributed by atoms with van der Waals surface area (Å²) >= 11 is 0. The van der Waals surface area contributed by atoms with Crippen molar-refractivity contribution >= 4 is 5.91 Å². The summed E-state index contributed by atoms with van der Waals surface area (Å²) in [7, 11) is 0. The topological polar surface area (TPSA) is 67.2 Å². The zero-order chi connectivity index (χ0) is 20.9. The van der Waals surface area contributed by atoms with Gasteiger partial charge in [0.25, 0.3) is 5.91 Å². The third kappa shape index (κ3) is 5.03. The van der Waals surface area contributed by atoms with Crippen molar-refractivity contribution < 1.29 is 23.1 Å². The Morgan fingerprint density at radius 3 is 2.28 bits per heavy atom. The first-order valence-electron chi connectivity index (χ1n) is 9.03. The fraction of sp³-hybridized carbons (Fsp3) is 0.238. The van der Waals surface area contributed by atoms with Crippen molar-refractivity contribution in [2.45, 2.75) is 25.2 Å². The molecule has 1 atom stereocenters. The first-order valence-corrected chi connectivity index (χ1v) is 9.03. The SMILES string of the molecule is O=C(NC(Cc1ccccc1)C(F)(F)F)c1cnn(CCO)c1-c1ccccc1. The number of rotatable bonds is 7. The van der Waals surface area contributed by atoms with Crippen LogP contribution >= 0.6 is 0 Å². The lowest BCUT2D eigenvalue weighted by Crippen LogP contribution is -2.46. The zero-order valence-corrected chi connectivity index (χ0v) is 15.4. The minimum Gasteiger partial charge on any atom is -0.394 e. The Morgan fingerprint density at radius 2 is 1.69 bits per heavy atom. The van der Waals surface area contributed by atoms with Gasteiger partial charge in [-0.05, 0) is 5.56 Å². The molecule has 2 aromatic carbocycles. The van der Waals surface area contributed by atoms with Crippen molar-refractivity contribution in [3.8, 4) is 11.3 Å². The third-order valence-corrected chi connectivity index (χ3v) is 4.43. The Labute approximate surface area is 165 Å². The fourth-order valence-electron chi connectivity index (χ4n) is 3.05. The number of benzene rings is 2. The van der Waals surface area contributed by atoms with Crippen LogP contribution in [0, 0.1) is 0 Å². The predicted octanol–water partition coefficient (Wildman–Crippen LogP) is 3.45. The molecule has 1 aromatic heterocycles. The van der Waals surface area contributed by atoms with Gasteiger partial charge in [0.15, 0.2) is 0 Å². The number of aliphatic hydroxyl groups is 1. The normalized spacial score (nSPS) is 12.6. The largest absolute Gasteiger partial charge is 0.408 e. The lowest BCUT2D eigenvalue weighted by Gasteiger charge is -2.22. The summed E-state index contributed by atoms with van der Waals surface area (Å²) in [5.41, 5.74) is 1.47. The second-order valence-corrected chi connectivity index (χ2v) is 6.48. The van der Waals surface area contributed by atoms with Crippen molar-refractivity contribution in [2.24, 2.45) is 0 Å². The van der Waals surface area contributed by atoms with Gasteiger partial charge in [-0.15, -0.1) is 0 Å². The number of amides is 1. The summed E-state index contributed by atoms with van der Waals surface area (Å²) in [6.07, 6.45) is -3.76. The number of hydrogen-bond donors (Lipinski definition) is 2. The molecule has 5 nitrogen and oxygen atoms in total. The maximum absolute atomic E-state index is 13.6. The molecule has 0 radical (unpaired) electrons. The number of nitrogens with one attached hydrogen (secondary N) is 1. The smallest absolute Gasteiger partial charge is 0.394 e. The van der Waals surface area contributed by atoms with Crippen molar-refractivity contribution in [2.75, 3.05) is 6.61 Å². The van der Waals surface area contributed by atoms with Crippen LogP contribution in [0.5, 0.6) is 0 Å². The molecule has 3 aromatic rings. The maximum atomic E-state index is 13.6. The highest BCUT2D eigenvalue weighted by atomic mass is 19.4. The highest BCUT2D eigenvalue weighted by Gasteiger charge is 2.41. The molecule has 0 saturated heterocycles. The molecule has 0 bridgehead atoms. The van der Waals surface area contributed by atoms with Gasteiger partial charge in [-0.3, -0.25) is 9.48 Å². The second-order valence-electron chi connectivity index (χ2n) is 6.48. The Morgan fingerprint density at radius 1 is 1.07 bits per heavy atom. The summed E-state index contributed by atoms with van der Waals surface area (Å²) in [6.45, 7) is -0.105. The van der Waals surface area contributed by atoms with Gasteiger partial charge in [-0.2, -0.15) is 18.3 Å². The van der Waals surface area contributed by atoms with E-state index in [1.807, 2.05) is 0 Å². The number of carbonyl (C=O) groups excluding carboxylic acids is 1. The van der Waals surface area contributed by atoms with Gasteiger partial charge < -0.3 is 10.4 Å². The molecule has 1 unspecified atom stereocenters. The van der Waals surface area contributed by atoms with Crippen LogP contribution < -0.4 is 5.32 Å². The van der Waals surface area contributed by atoms with Gasteiger partial charge in [0.2, 0.25) is 0 Å². The number of hydrogen-bond acceptors (Lipinski definition) is 3. The number of aromatic nitrogens is 2. The Kier molecular flexibility index (Phi) is 6.33. The molecular weight excluding hydrogens is 383 g/mol. The molecule has 0 aliphatic heterocycles. The highest BCUT2D eigenvalue weighted by molar-refractivity contribution is 6.00. The van der Waals surface area contributed by atoms with Gasteiger partial charge in [0.05, 0.1) is 30.6 Å². The van der Waals surface area contributed by atoms with Gasteiger partial charge >= 0.3 is 6.18 Å². The van der Waals surface area contributed by atoms with E-state index in [4.69, 9.17) is 0 Å². The molecule has 3 rings (SSSR count). The summed E-state index contributed by atoms with van der Waals surface area (Å²) in [5, 5.41) is 15.4. The number of carbonyl (C=O) groups is 1. The summed E-state index contributed by atoms with van der Waals surface area (Å²) in [4.78, 5) is 12.8. The Bertz CT molecular complexity index is 941. The lowest BCUT2D eigenvalue weighted by atomic mass is 10.0. The van der Waals surface area contributed by atoms with E-state index in [9.17, 15) is 23.1 Å². The van der Waals surface area contributed by atoms with E-state index in [-0.39, 0.29) is 25.1 Å². The molecule has 8 heteroatoms. The van der Waals surface area contributed by atoms with Crippen LogP contribution in [0.1, 0.15) is 15.9 Å². The van der Waals surface area contributed by atoms with Crippen LogP contribution in [0.15, 0.2) is 66.9 Å². The molecule has 1 amide bonds. The Hall–Kier alpha value is -3.13. The molecule has 29 heavy (non-hydrogen) atoms. The van der Waals surface area contributed by atoms with Crippen LogP contribution in [-0.2, 0) is 13.0 Å². The number of alkyl halides is 3. The monoisotopic (exact) mass is 403 g/mol. The van der Waals surface area contributed by atoms with Crippen molar-refractivity contribution in [3.05, 3.63) is 78.0 Å². The summed E-state index contributed by atoms with van der Waals surface area (Å²) in [6, 6.07) is 14.9. The van der Waals surface area contributed by atoms with E-state index < -0.39 is 18.1 Å². The fourth-order valence-corrected chi connectivity index (χ4v) is 3.05.